The Kier molecular flexibility index (Phi) is 15.9. The van der Waals surface area contributed by atoms with E-state index in [2.05, 4.69) is 27.1 Å². The van der Waals surface area contributed by atoms with Gasteiger partial charge in [-0.2, -0.15) is 5.26 Å². The van der Waals surface area contributed by atoms with E-state index in [0.29, 0.717) is 45.4 Å². The number of Topliss-reactive ketones (excluding diaryl/α,β-unsaturated/α-hetero) is 1. The second-order valence-corrected chi connectivity index (χ2v) is 19.0. The van der Waals surface area contributed by atoms with Crippen molar-refractivity contribution in [2.75, 3.05) is 25.4 Å². The second kappa shape index (κ2) is 19.4. The van der Waals surface area contributed by atoms with E-state index >= 15 is 0 Å². The van der Waals surface area contributed by atoms with Gasteiger partial charge in [-0.25, -0.2) is 19.6 Å². The summed E-state index contributed by atoms with van der Waals surface area (Å²) in [7, 11) is 0. The molecule has 5 aromatic rings. The maximum Gasteiger partial charge on any atom is 0.410 e. The third-order valence-corrected chi connectivity index (χ3v) is 11.6. The number of pyridine rings is 2. The van der Waals surface area contributed by atoms with E-state index in [0.717, 1.165) is 75.1 Å². The maximum atomic E-state index is 12.4. The van der Waals surface area contributed by atoms with E-state index in [1.165, 1.54) is 5.56 Å². The van der Waals surface area contributed by atoms with Crippen molar-refractivity contribution in [1.29, 1.82) is 5.26 Å². The number of nitrogens with zero attached hydrogens (tertiary/aromatic N) is 7. The Balaban J connectivity index is 0.000000254. The van der Waals surface area contributed by atoms with E-state index in [9.17, 15) is 14.4 Å². The molecule has 1 fully saturated rings. The minimum Gasteiger partial charge on any atom is -0.444 e. The molecule has 0 bridgehead atoms. The zero-order valence-corrected chi connectivity index (χ0v) is 36.2. The van der Waals surface area contributed by atoms with Crippen LogP contribution in [0.1, 0.15) is 107 Å². The molecule has 0 aromatic carbocycles. The minimum atomic E-state index is -0.498. The van der Waals surface area contributed by atoms with Crippen molar-refractivity contribution >= 4 is 77.4 Å². The fraction of sp³-hybridized carbons (Fsp3) is 0.524. The zero-order chi connectivity index (χ0) is 41.1. The fourth-order valence-corrected chi connectivity index (χ4v) is 9.61. The molecule has 0 saturated carbocycles. The summed E-state index contributed by atoms with van der Waals surface area (Å²) in [5.74, 6) is 0.227. The first kappa shape index (κ1) is 47.7. The molecular formula is C42H58N8O5S3. The van der Waals surface area contributed by atoms with E-state index in [-0.39, 0.29) is 32.8 Å². The highest BCUT2D eigenvalue weighted by Gasteiger charge is 2.31. The van der Waals surface area contributed by atoms with E-state index in [1.807, 2.05) is 75.3 Å². The summed E-state index contributed by atoms with van der Waals surface area (Å²) in [6.07, 6.45) is 1.47. The average molecular weight is 851 g/mol. The Morgan fingerprint density at radius 1 is 0.776 bits per heavy atom. The number of thiophene rings is 1. The minimum absolute atomic E-state index is 0. The Morgan fingerprint density at radius 2 is 1.28 bits per heavy atom. The van der Waals surface area contributed by atoms with E-state index in [4.69, 9.17) is 25.5 Å². The van der Waals surface area contributed by atoms with Crippen molar-refractivity contribution in [3.63, 3.8) is 0 Å². The standard InChI is InChI=1S/C20H24N4O2S2.C10H9N3S.C10H17NO3.2CH4/c1-10-8-13-16(11(2)22-10)23-18(28-13)15-12-6-7-24(9-14(12)27-17(15)21)19(25)26-20(3,4)5;1-6-5-8-10(7(2)12-6)13-9(14-8)3-4-11;1-10(2,3)14-9(13)11-6-4-8(12)5-7-11;;/h8H,6-7,9,21H2,1-5H3;5H,3H2,1-2H3;4-7H2,1-3H3;2*1H4. The molecule has 0 atom stereocenters. The molecule has 2 N–H and O–H groups in total. The molecule has 0 aliphatic carbocycles. The number of thiazole rings is 2. The molecular weight excluding hydrogens is 793 g/mol. The zero-order valence-electron chi connectivity index (χ0n) is 33.8. The van der Waals surface area contributed by atoms with Crippen LogP contribution in [0.15, 0.2) is 12.1 Å². The number of hydrogen-bond acceptors (Lipinski definition) is 14. The van der Waals surface area contributed by atoms with Gasteiger partial charge in [0.05, 0.1) is 44.8 Å². The van der Waals surface area contributed by atoms with Gasteiger partial charge in [0.15, 0.2) is 0 Å². The average Bonchev–Trinajstić information content (AvgIpc) is 3.78. The summed E-state index contributed by atoms with van der Waals surface area (Å²) < 4.78 is 13.0. The number of piperidine rings is 1. The van der Waals surface area contributed by atoms with Crippen LogP contribution in [0, 0.1) is 39.0 Å². The Labute approximate surface area is 354 Å². The van der Waals surface area contributed by atoms with Crippen molar-refractivity contribution < 1.29 is 23.9 Å². The number of nitrogen functional groups attached to an aromatic ring is 1. The summed E-state index contributed by atoms with van der Waals surface area (Å²) in [4.78, 5) is 57.4. The first-order valence-electron chi connectivity index (χ1n) is 18.4. The number of likely N-dealkylation sites (tertiary alicyclic amines) is 1. The Morgan fingerprint density at radius 3 is 1.81 bits per heavy atom. The lowest BCUT2D eigenvalue weighted by molar-refractivity contribution is -0.121. The molecule has 2 amide bonds. The van der Waals surface area contributed by atoms with Gasteiger partial charge in [0.25, 0.3) is 0 Å². The fourth-order valence-electron chi connectivity index (χ4n) is 6.16. The molecule has 2 aliphatic heterocycles. The number of anilines is 1. The number of ketones is 1. The van der Waals surface area contributed by atoms with Crippen LogP contribution in [-0.4, -0.2) is 78.5 Å². The number of nitriles is 1. The van der Waals surface area contributed by atoms with Crippen LogP contribution in [-0.2, 0) is 33.7 Å². The summed E-state index contributed by atoms with van der Waals surface area (Å²) in [6, 6.07) is 6.19. The maximum absolute atomic E-state index is 12.4. The molecule has 16 heteroatoms. The van der Waals surface area contributed by atoms with Gasteiger partial charge in [-0.05, 0) is 93.4 Å². The number of carbonyl (C=O) groups is 3. The van der Waals surface area contributed by atoms with Crippen LogP contribution in [0.4, 0.5) is 14.6 Å². The summed E-state index contributed by atoms with van der Waals surface area (Å²) in [5, 5.41) is 11.1. The van der Waals surface area contributed by atoms with Crippen LogP contribution in [0.2, 0.25) is 0 Å². The predicted octanol–water partition coefficient (Wildman–Crippen LogP) is 10.1. The molecule has 7 heterocycles. The summed E-state index contributed by atoms with van der Waals surface area (Å²) in [5.41, 5.74) is 13.4. The lowest BCUT2D eigenvalue weighted by Crippen LogP contribution is -2.41. The van der Waals surface area contributed by atoms with Crippen molar-refractivity contribution in [2.24, 2.45) is 0 Å². The largest absolute Gasteiger partial charge is 0.444 e. The van der Waals surface area contributed by atoms with E-state index in [1.54, 1.807) is 43.8 Å². The number of aromatic nitrogens is 4. The summed E-state index contributed by atoms with van der Waals surface area (Å²) in [6.45, 7) is 21.2. The van der Waals surface area contributed by atoms with Crippen LogP contribution < -0.4 is 5.73 Å². The second-order valence-electron chi connectivity index (χ2n) is 15.8. The molecule has 5 aromatic heterocycles. The quantitative estimate of drug-likeness (QED) is 0.179. The van der Waals surface area contributed by atoms with Gasteiger partial charge in [-0.15, -0.1) is 34.0 Å². The molecule has 1 saturated heterocycles. The van der Waals surface area contributed by atoms with Crippen molar-refractivity contribution in [3.05, 3.63) is 50.4 Å². The van der Waals surface area contributed by atoms with Crippen molar-refractivity contribution in [1.82, 2.24) is 29.7 Å². The van der Waals surface area contributed by atoms with Crippen molar-refractivity contribution in [2.45, 2.75) is 128 Å². The van der Waals surface area contributed by atoms with Gasteiger partial charge in [0.1, 0.15) is 38.0 Å². The third-order valence-electron chi connectivity index (χ3n) is 8.56. The molecule has 0 radical (unpaired) electrons. The topological polar surface area (TPSA) is 178 Å². The van der Waals surface area contributed by atoms with Gasteiger partial charge in [-0.1, -0.05) is 14.9 Å². The number of nitrogens with two attached hydrogens (primary N) is 1. The highest BCUT2D eigenvalue weighted by atomic mass is 32.1. The van der Waals surface area contributed by atoms with Crippen LogP contribution in [0.5, 0.6) is 0 Å². The van der Waals surface area contributed by atoms with Gasteiger partial charge >= 0.3 is 12.2 Å². The molecule has 58 heavy (non-hydrogen) atoms. The Bertz CT molecular complexity index is 2300. The number of amides is 2. The number of fused-ring (bicyclic) bond motifs is 3. The van der Waals surface area contributed by atoms with Gasteiger partial charge in [-0.3, -0.25) is 14.8 Å². The highest BCUT2D eigenvalue weighted by Crippen LogP contribution is 2.44. The molecule has 314 valence electrons. The highest BCUT2D eigenvalue weighted by molar-refractivity contribution is 7.22. The third kappa shape index (κ3) is 12.2. The molecule has 7 rings (SSSR count). The Hall–Kier alpha value is -4.72. The number of aryl methyl sites for hydroxylation is 4. The predicted molar refractivity (Wildman–Crippen MR) is 237 cm³/mol. The number of carbonyl (C=O) groups excluding carboxylic acids is 3. The first-order chi connectivity index (χ1) is 26.2. The van der Waals surface area contributed by atoms with Crippen LogP contribution in [0.25, 0.3) is 31.0 Å². The van der Waals surface area contributed by atoms with Gasteiger partial charge in [0, 0.05) is 54.3 Å². The van der Waals surface area contributed by atoms with Crippen molar-refractivity contribution in [3.8, 4) is 16.6 Å². The number of ether oxygens (including phenoxy) is 2. The molecule has 2 aliphatic rings. The lowest BCUT2D eigenvalue weighted by atomic mass is 10.0. The molecule has 0 unspecified atom stereocenters. The van der Waals surface area contributed by atoms with Gasteiger partial charge in [0.2, 0.25) is 0 Å². The first-order valence-corrected chi connectivity index (χ1v) is 20.9. The SMILES string of the molecule is C.C.CC(C)(C)OC(=O)N1CCC(=O)CC1.Cc1cc2sc(-c3c(N)sc4c3CCN(C(=O)OC(C)(C)C)C4)nc2c(C)n1.Cc1cc2sc(CC#N)nc2c(C)n1. The normalized spacial score (nSPS) is 13.8. The smallest absolute Gasteiger partial charge is 0.410 e. The lowest BCUT2D eigenvalue weighted by Gasteiger charge is -2.30. The monoisotopic (exact) mass is 850 g/mol. The number of rotatable bonds is 2. The summed E-state index contributed by atoms with van der Waals surface area (Å²) >= 11 is 4.78. The van der Waals surface area contributed by atoms with E-state index < -0.39 is 11.2 Å². The van der Waals surface area contributed by atoms with Crippen LogP contribution >= 0.6 is 34.0 Å². The van der Waals surface area contributed by atoms with Gasteiger partial charge < -0.3 is 25.0 Å². The number of hydrogen-bond donors (Lipinski definition) is 1. The van der Waals surface area contributed by atoms with Crippen LogP contribution in [0.3, 0.4) is 0 Å². The molecule has 13 nitrogen and oxygen atoms in total. The molecule has 0 spiro atoms.